The van der Waals surface area contributed by atoms with Crippen molar-refractivity contribution in [1.82, 2.24) is 15.5 Å². The highest BCUT2D eigenvalue weighted by Gasteiger charge is 2.23. The SMILES string of the molecule is CNC(=O)c1ccc(C=CC(=O)N2CC(C)NC(C)C2)cc1. The van der Waals surface area contributed by atoms with Gasteiger partial charge in [-0.2, -0.15) is 0 Å². The topological polar surface area (TPSA) is 61.4 Å². The monoisotopic (exact) mass is 301 g/mol. The third-order valence-corrected chi connectivity index (χ3v) is 3.69. The van der Waals surface area contributed by atoms with Gasteiger partial charge in [0.1, 0.15) is 0 Å². The average molecular weight is 301 g/mol. The third-order valence-electron chi connectivity index (χ3n) is 3.69. The fourth-order valence-corrected chi connectivity index (χ4v) is 2.67. The van der Waals surface area contributed by atoms with E-state index in [1.54, 1.807) is 31.3 Å². The molecule has 5 heteroatoms. The molecule has 0 radical (unpaired) electrons. The number of carbonyl (C=O) groups excluding carboxylic acids is 2. The molecule has 1 saturated heterocycles. The Balaban J connectivity index is 1.99. The summed E-state index contributed by atoms with van der Waals surface area (Å²) in [4.78, 5) is 25.6. The standard InChI is InChI=1S/C17H23N3O2/c1-12-10-20(11-13(2)19-12)16(21)9-6-14-4-7-15(8-5-14)17(22)18-3/h4-9,12-13,19H,10-11H2,1-3H3,(H,18,22). The van der Waals surface area contributed by atoms with Crippen molar-refractivity contribution in [3.05, 3.63) is 41.5 Å². The lowest BCUT2D eigenvalue weighted by molar-refractivity contribution is -0.127. The van der Waals surface area contributed by atoms with Gasteiger partial charge in [-0.3, -0.25) is 9.59 Å². The predicted octanol–water partition coefficient (Wildman–Crippen LogP) is 1.27. The Labute approximate surface area is 131 Å². The normalized spacial score (nSPS) is 21.9. The minimum absolute atomic E-state index is 0.0237. The molecule has 0 spiro atoms. The molecule has 2 amide bonds. The van der Waals surface area contributed by atoms with Crippen molar-refractivity contribution < 1.29 is 9.59 Å². The molecule has 0 aromatic heterocycles. The molecule has 2 atom stereocenters. The first kappa shape index (κ1) is 16.2. The minimum atomic E-state index is -0.115. The van der Waals surface area contributed by atoms with Gasteiger partial charge in [-0.15, -0.1) is 0 Å². The second kappa shape index (κ2) is 7.22. The van der Waals surface area contributed by atoms with E-state index in [0.717, 1.165) is 18.7 Å². The molecule has 22 heavy (non-hydrogen) atoms. The maximum Gasteiger partial charge on any atom is 0.251 e. The molecule has 0 bridgehead atoms. The van der Waals surface area contributed by atoms with Gasteiger partial charge < -0.3 is 15.5 Å². The van der Waals surface area contributed by atoms with E-state index in [0.29, 0.717) is 17.6 Å². The molecule has 1 aromatic rings. The van der Waals surface area contributed by atoms with Crippen LogP contribution < -0.4 is 10.6 Å². The maximum atomic E-state index is 12.2. The number of hydrogen-bond acceptors (Lipinski definition) is 3. The fourth-order valence-electron chi connectivity index (χ4n) is 2.67. The molecule has 118 valence electrons. The number of nitrogens with zero attached hydrogens (tertiary/aromatic N) is 1. The largest absolute Gasteiger partial charge is 0.355 e. The van der Waals surface area contributed by atoms with Crippen LogP contribution in [-0.4, -0.2) is 48.9 Å². The van der Waals surface area contributed by atoms with Crippen molar-refractivity contribution in [3.8, 4) is 0 Å². The van der Waals surface area contributed by atoms with Crippen molar-refractivity contribution in [2.75, 3.05) is 20.1 Å². The molecular weight excluding hydrogens is 278 g/mol. The smallest absolute Gasteiger partial charge is 0.251 e. The maximum absolute atomic E-state index is 12.2. The fraction of sp³-hybridized carbons (Fsp3) is 0.412. The van der Waals surface area contributed by atoms with Crippen molar-refractivity contribution in [1.29, 1.82) is 0 Å². The van der Waals surface area contributed by atoms with Gasteiger partial charge in [-0.05, 0) is 37.6 Å². The summed E-state index contributed by atoms with van der Waals surface area (Å²) in [5.74, 6) is -0.0917. The quantitative estimate of drug-likeness (QED) is 0.827. The zero-order chi connectivity index (χ0) is 16.1. The number of rotatable bonds is 3. The van der Waals surface area contributed by atoms with Crippen LogP contribution >= 0.6 is 0 Å². The average Bonchev–Trinajstić information content (AvgIpc) is 2.51. The van der Waals surface area contributed by atoms with Crippen molar-refractivity contribution in [2.24, 2.45) is 0 Å². The van der Waals surface area contributed by atoms with Crippen LogP contribution in [0.25, 0.3) is 6.08 Å². The van der Waals surface area contributed by atoms with Gasteiger partial charge in [-0.1, -0.05) is 12.1 Å². The van der Waals surface area contributed by atoms with Gasteiger partial charge in [0, 0.05) is 43.9 Å². The second-order valence-electron chi connectivity index (χ2n) is 5.75. The zero-order valence-corrected chi connectivity index (χ0v) is 13.3. The van der Waals surface area contributed by atoms with E-state index in [1.807, 2.05) is 17.0 Å². The highest BCUT2D eigenvalue weighted by atomic mass is 16.2. The number of benzene rings is 1. The zero-order valence-electron chi connectivity index (χ0n) is 13.3. The molecule has 1 aliphatic rings. The number of hydrogen-bond donors (Lipinski definition) is 2. The Kier molecular flexibility index (Phi) is 5.33. The Morgan fingerprint density at radius 1 is 1.18 bits per heavy atom. The first-order valence-electron chi connectivity index (χ1n) is 7.54. The lowest BCUT2D eigenvalue weighted by Gasteiger charge is -2.35. The highest BCUT2D eigenvalue weighted by molar-refractivity contribution is 5.94. The summed E-state index contributed by atoms with van der Waals surface area (Å²) < 4.78 is 0. The number of amides is 2. The summed E-state index contributed by atoms with van der Waals surface area (Å²) in [5.41, 5.74) is 1.51. The van der Waals surface area contributed by atoms with Gasteiger partial charge in [0.05, 0.1) is 0 Å². The van der Waals surface area contributed by atoms with E-state index in [4.69, 9.17) is 0 Å². The number of nitrogens with one attached hydrogen (secondary N) is 2. The van der Waals surface area contributed by atoms with E-state index >= 15 is 0 Å². The molecule has 2 N–H and O–H groups in total. The van der Waals surface area contributed by atoms with Crippen molar-refractivity contribution in [3.63, 3.8) is 0 Å². The van der Waals surface area contributed by atoms with E-state index in [1.165, 1.54) is 0 Å². The molecule has 2 unspecified atom stereocenters. The summed E-state index contributed by atoms with van der Waals surface area (Å²) in [7, 11) is 1.60. The predicted molar refractivity (Wildman–Crippen MR) is 87.5 cm³/mol. The Bertz CT molecular complexity index is 556. The summed E-state index contributed by atoms with van der Waals surface area (Å²) in [5, 5.41) is 5.98. The van der Waals surface area contributed by atoms with Crippen LogP contribution in [0, 0.1) is 0 Å². The molecule has 0 saturated carbocycles. The van der Waals surface area contributed by atoms with Gasteiger partial charge in [-0.25, -0.2) is 0 Å². The Morgan fingerprint density at radius 2 is 1.77 bits per heavy atom. The van der Waals surface area contributed by atoms with Gasteiger partial charge in [0.2, 0.25) is 5.91 Å². The van der Waals surface area contributed by atoms with E-state index < -0.39 is 0 Å². The first-order valence-corrected chi connectivity index (χ1v) is 7.54. The van der Waals surface area contributed by atoms with Crippen LogP contribution in [0.2, 0.25) is 0 Å². The van der Waals surface area contributed by atoms with Crippen LogP contribution in [0.15, 0.2) is 30.3 Å². The molecule has 5 nitrogen and oxygen atoms in total. The highest BCUT2D eigenvalue weighted by Crippen LogP contribution is 2.09. The molecule has 0 aliphatic carbocycles. The van der Waals surface area contributed by atoms with Gasteiger partial charge in [0.25, 0.3) is 5.91 Å². The molecule has 1 fully saturated rings. The van der Waals surface area contributed by atoms with Crippen LogP contribution in [-0.2, 0) is 4.79 Å². The second-order valence-corrected chi connectivity index (χ2v) is 5.75. The van der Waals surface area contributed by atoms with Gasteiger partial charge in [0.15, 0.2) is 0 Å². The Morgan fingerprint density at radius 3 is 2.32 bits per heavy atom. The Hall–Kier alpha value is -2.14. The summed E-state index contributed by atoms with van der Waals surface area (Å²) in [6.07, 6.45) is 3.38. The van der Waals surface area contributed by atoms with E-state index in [2.05, 4.69) is 24.5 Å². The van der Waals surface area contributed by atoms with Crippen LogP contribution in [0.5, 0.6) is 0 Å². The van der Waals surface area contributed by atoms with Crippen LogP contribution in [0.4, 0.5) is 0 Å². The lowest BCUT2D eigenvalue weighted by Crippen LogP contribution is -2.55. The molecule has 1 heterocycles. The summed E-state index contributed by atoms with van der Waals surface area (Å²) >= 11 is 0. The molecular formula is C17H23N3O2. The van der Waals surface area contributed by atoms with Crippen LogP contribution in [0.3, 0.4) is 0 Å². The lowest BCUT2D eigenvalue weighted by atomic mass is 10.1. The van der Waals surface area contributed by atoms with E-state index in [9.17, 15) is 9.59 Å². The van der Waals surface area contributed by atoms with Crippen molar-refractivity contribution in [2.45, 2.75) is 25.9 Å². The van der Waals surface area contributed by atoms with Gasteiger partial charge >= 0.3 is 0 Å². The summed E-state index contributed by atoms with van der Waals surface area (Å²) in [6.45, 7) is 5.61. The molecule has 2 rings (SSSR count). The number of carbonyl (C=O) groups is 2. The molecule has 1 aliphatic heterocycles. The number of piperazine rings is 1. The third kappa shape index (κ3) is 4.18. The first-order chi connectivity index (χ1) is 10.5. The van der Waals surface area contributed by atoms with Crippen LogP contribution in [0.1, 0.15) is 29.8 Å². The summed E-state index contributed by atoms with van der Waals surface area (Å²) in [6, 6.07) is 7.78. The van der Waals surface area contributed by atoms with Crippen molar-refractivity contribution >= 4 is 17.9 Å². The minimum Gasteiger partial charge on any atom is -0.355 e. The van der Waals surface area contributed by atoms with E-state index in [-0.39, 0.29) is 11.8 Å². The molecule has 1 aromatic carbocycles.